The number of halogens is 1. The van der Waals surface area contributed by atoms with Crippen molar-refractivity contribution in [3.8, 4) is 0 Å². The van der Waals surface area contributed by atoms with Crippen LogP contribution in [0.2, 0.25) is 5.02 Å². The van der Waals surface area contributed by atoms with E-state index in [0.717, 1.165) is 0 Å². The third kappa shape index (κ3) is 5.59. The Hall–Kier alpha value is -2.42. The van der Waals surface area contributed by atoms with Crippen molar-refractivity contribution in [1.82, 2.24) is 4.31 Å². The van der Waals surface area contributed by atoms with Crippen molar-refractivity contribution in [2.24, 2.45) is 5.92 Å². The first-order valence-corrected chi connectivity index (χ1v) is 11.5. The molecule has 9 heteroatoms. The fourth-order valence-electron chi connectivity index (χ4n) is 3.38. The van der Waals surface area contributed by atoms with Crippen LogP contribution < -0.4 is 5.32 Å². The average molecular weight is 451 g/mol. The predicted octanol–water partition coefficient (Wildman–Crippen LogP) is 3.31. The molecule has 0 radical (unpaired) electrons. The lowest BCUT2D eigenvalue weighted by Crippen LogP contribution is -2.44. The minimum atomic E-state index is -3.56. The van der Waals surface area contributed by atoms with Gasteiger partial charge >= 0.3 is 5.97 Å². The summed E-state index contributed by atoms with van der Waals surface area (Å²) in [6, 6.07) is 13.1. The molecule has 1 N–H and O–H groups in total. The van der Waals surface area contributed by atoms with Gasteiger partial charge in [0.1, 0.15) is 0 Å². The Kier molecular flexibility index (Phi) is 7.12. The highest BCUT2D eigenvalue weighted by molar-refractivity contribution is 7.88. The molecule has 2 aromatic carbocycles. The number of carbonyl (C=O) groups excluding carboxylic acids is 2. The maximum absolute atomic E-state index is 12.8. The molecule has 1 atom stereocenters. The molecule has 2 aromatic rings. The Morgan fingerprint density at radius 1 is 1.20 bits per heavy atom. The zero-order valence-electron chi connectivity index (χ0n) is 16.5. The summed E-state index contributed by atoms with van der Waals surface area (Å²) in [5.74, 6) is -1.38. The van der Waals surface area contributed by atoms with Crippen molar-refractivity contribution in [3.05, 3.63) is 64.7 Å². The number of ether oxygens (including phenoxy) is 1. The highest BCUT2D eigenvalue weighted by Gasteiger charge is 2.32. The summed E-state index contributed by atoms with van der Waals surface area (Å²) in [5.41, 5.74) is 1.43. The van der Waals surface area contributed by atoms with Crippen molar-refractivity contribution < 1.29 is 22.7 Å². The first kappa shape index (κ1) is 22.3. The molecule has 30 heavy (non-hydrogen) atoms. The van der Waals surface area contributed by atoms with Gasteiger partial charge in [-0.05, 0) is 48.7 Å². The van der Waals surface area contributed by atoms with Crippen LogP contribution in [0.4, 0.5) is 5.69 Å². The van der Waals surface area contributed by atoms with E-state index in [4.69, 9.17) is 11.6 Å². The SMILES string of the molecule is COC(=O)c1cccc(NC(=O)C2CCCN(S(=O)(=O)Cc3ccc(Cl)cc3)C2)c1. The first-order valence-electron chi connectivity index (χ1n) is 9.50. The van der Waals surface area contributed by atoms with Crippen LogP contribution in [0.15, 0.2) is 48.5 Å². The molecule has 1 aliphatic heterocycles. The van der Waals surface area contributed by atoms with E-state index in [1.807, 2.05) is 0 Å². The third-order valence-electron chi connectivity index (χ3n) is 4.96. The van der Waals surface area contributed by atoms with Gasteiger partial charge in [-0.3, -0.25) is 4.79 Å². The zero-order chi connectivity index (χ0) is 21.7. The highest BCUT2D eigenvalue weighted by atomic mass is 35.5. The molecule has 7 nitrogen and oxygen atoms in total. The molecule has 1 amide bonds. The van der Waals surface area contributed by atoms with Crippen molar-refractivity contribution in [1.29, 1.82) is 0 Å². The lowest BCUT2D eigenvalue weighted by atomic mass is 9.98. The number of carbonyl (C=O) groups is 2. The van der Waals surface area contributed by atoms with E-state index in [1.54, 1.807) is 42.5 Å². The number of piperidine rings is 1. The smallest absolute Gasteiger partial charge is 0.337 e. The molecule has 0 bridgehead atoms. The van der Waals surface area contributed by atoms with Crippen LogP contribution in [0.25, 0.3) is 0 Å². The van der Waals surface area contributed by atoms with E-state index in [0.29, 0.717) is 41.2 Å². The van der Waals surface area contributed by atoms with Crippen molar-refractivity contribution in [3.63, 3.8) is 0 Å². The van der Waals surface area contributed by atoms with Crippen LogP contribution in [-0.4, -0.2) is 44.8 Å². The Bertz CT molecular complexity index is 1020. The lowest BCUT2D eigenvalue weighted by molar-refractivity contribution is -0.120. The summed E-state index contributed by atoms with van der Waals surface area (Å²) in [4.78, 5) is 24.4. The first-order chi connectivity index (χ1) is 14.3. The molecule has 0 aliphatic carbocycles. The number of sulfonamides is 1. The Balaban J connectivity index is 1.65. The minimum absolute atomic E-state index is 0.123. The molecule has 160 valence electrons. The molecule has 1 saturated heterocycles. The van der Waals surface area contributed by atoms with Crippen LogP contribution in [-0.2, 0) is 25.3 Å². The normalized spacial score (nSPS) is 17.3. The standard InChI is InChI=1S/C21H23ClN2O5S/c1-29-21(26)16-4-2-6-19(12-16)23-20(25)17-5-3-11-24(13-17)30(27,28)14-15-7-9-18(22)10-8-15/h2,4,6-10,12,17H,3,5,11,13-14H2,1H3,(H,23,25). The van der Waals surface area contributed by atoms with Gasteiger partial charge in [-0.25, -0.2) is 17.5 Å². The number of methoxy groups -OCH3 is 1. The number of anilines is 1. The maximum atomic E-state index is 12.8. The van der Waals surface area contributed by atoms with Gasteiger partial charge in [0.15, 0.2) is 0 Å². The number of amides is 1. The number of nitrogens with zero attached hydrogens (tertiary/aromatic N) is 1. The average Bonchev–Trinajstić information content (AvgIpc) is 2.75. The van der Waals surface area contributed by atoms with E-state index in [-0.39, 0.29) is 18.2 Å². The van der Waals surface area contributed by atoms with Gasteiger partial charge in [-0.15, -0.1) is 0 Å². The number of nitrogens with one attached hydrogen (secondary N) is 1. The molecule has 1 heterocycles. The quantitative estimate of drug-likeness (QED) is 0.681. The van der Waals surface area contributed by atoms with Gasteiger partial charge in [0.2, 0.25) is 15.9 Å². The fourth-order valence-corrected chi connectivity index (χ4v) is 5.11. The summed E-state index contributed by atoms with van der Waals surface area (Å²) < 4.78 is 31.7. The van der Waals surface area contributed by atoms with Crippen LogP contribution >= 0.6 is 11.6 Å². The largest absolute Gasteiger partial charge is 0.465 e. The molecule has 3 rings (SSSR count). The lowest BCUT2D eigenvalue weighted by Gasteiger charge is -2.31. The van der Waals surface area contributed by atoms with Crippen molar-refractivity contribution in [2.75, 3.05) is 25.5 Å². The summed E-state index contributed by atoms with van der Waals surface area (Å²) >= 11 is 5.86. The fraction of sp³-hybridized carbons (Fsp3) is 0.333. The third-order valence-corrected chi connectivity index (χ3v) is 7.03. The molecular formula is C21H23ClN2O5S. The minimum Gasteiger partial charge on any atom is -0.465 e. The van der Waals surface area contributed by atoms with Gasteiger partial charge in [-0.1, -0.05) is 29.8 Å². The molecule has 1 fully saturated rings. The van der Waals surface area contributed by atoms with Gasteiger partial charge in [-0.2, -0.15) is 0 Å². The number of esters is 1. The number of hydrogen-bond donors (Lipinski definition) is 1. The van der Waals surface area contributed by atoms with Gasteiger partial charge in [0, 0.05) is 23.8 Å². The van der Waals surface area contributed by atoms with Crippen LogP contribution in [0, 0.1) is 5.92 Å². The number of rotatable bonds is 6. The van der Waals surface area contributed by atoms with Crippen LogP contribution in [0.3, 0.4) is 0 Å². The van der Waals surface area contributed by atoms with Crippen LogP contribution in [0.5, 0.6) is 0 Å². The Labute approximate surface area is 181 Å². The molecule has 0 spiro atoms. The second kappa shape index (κ2) is 9.59. The Morgan fingerprint density at radius 3 is 2.63 bits per heavy atom. The summed E-state index contributed by atoms with van der Waals surface area (Å²) in [7, 11) is -2.27. The van der Waals surface area contributed by atoms with E-state index < -0.39 is 21.9 Å². The summed E-state index contributed by atoms with van der Waals surface area (Å²) in [6.45, 7) is 0.510. The van der Waals surface area contributed by atoms with Gasteiger partial charge < -0.3 is 10.1 Å². The van der Waals surface area contributed by atoms with E-state index in [2.05, 4.69) is 10.1 Å². The van der Waals surface area contributed by atoms with E-state index in [1.165, 1.54) is 17.5 Å². The molecule has 0 saturated carbocycles. The number of benzene rings is 2. The number of hydrogen-bond acceptors (Lipinski definition) is 5. The topological polar surface area (TPSA) is 92.8 Å². The molecule has 1 unspecified atom stereocenters. The second-order valence-electron chi connectivity index (χ2n) is 7.14. The van der Waals surface area contributed by atoms with Crippen LogP contribution in [0.1, 0.15) is 28.8 Å². The summed E-state index contributed by atoms with van der Waals surface area (Å²) in [6.07, 6.45) is 1.19. The predicted molar refractivity (Wildman–Crippen MR) is 115 cm³/mol. The van der Waals surface area contributed by atoms with E-state index >= 15 is 0 Å². The Morgan fingerprint density at radius 2 is 1.93 bits per heavy atom. The van der Waals surface area contributed by atoms with Gasteiger partial charge in [0.05, 0.1) is 24.3 Å². The highest BCUT2D eigenvalue weighted by Crippen LogP contribution is 2.23. The second-order valence-corrected chi connectivity index (χ2v) is 9.55. The molecular weight excluding hydrogens is 428 g/mol. The summed E-state index contributed by atoms with van der Waals surface area (Å²) in [5, 5.41) is 3.32. The van der Waals surface area contributed by atoms with Crippen molar-refractivity contribution in [2.45, 2.75) is 18.6 Å². The zero-order valence-corrected chi connectivity index (χ0v) is 18.1. The van der Waals surface area contributed by atoms with Gasteiger partial charge in [0.25, 0.3) is 0 Å². The van der Waals surface area contributed by atoms with Crippen molar-refractivity contribution >= 4 is 39.2 Å². The molecule has 1 aliphatic rings. The maximum Gasteiger partial charge on any atom is 0.337 e. The monoisotopic (exact) mass is 450 g/mol. The molecule has 0 aromatic heterocycles. The van der Waals surface area contributed by atoms with E-state index in [9.17, 15) is 18.0 Å².